The van der Waals surface area contributed by atoms with Crippen LogP contribution in [0.2, 0.25) is 5.02 Å². The van der Waals surface area contributed by atoms with Crippen LogP contribution in [0.1, 0.15) is 21.5 Å². The second-order valence-electron chi connectivity index (χ2n) is 5.93. The maximum atomic E-state index is 12.8. The number of hydrogen-bond donors (Lipinski definition) is 1. The van der Waals surface area contributed by atoms with Gasteiger partial charge in [-0.1, -0.05) is 35.9 Å². The molecule has 2 amide bonds. The summed E-state index contributed by atoms with van der Waals surface area (Å²) in [5.41, 5.74) is 0.693. The Hall–Kier alpha value is -2.97. The number of amides is 2. The summed E-state index contributed by atoms with van der Waals surface area (Å²) in [6, 6.07) is 9.95. The molecule has 0 unspecified atom stereocenters. The van der Waals surface area contributed by atoms with E-state index in [9.17, 15) is 19.5 Å². The molecule has 0 radical (unpaired) electrons. The van der Waals surface area contributed by atoms with E-state index in [1.165, 1.54) is 32.4 Å². The largest absolute Gasteiger partial charge is 0.493 e. The molecule has 2 aromatic rings. The van der Waals surface area contributed by atoms with Crippen LogP contribution in [-0.2, 0) is 11.3 Å². The van der Waals surface area contributed by atoms with Crippen LogP contribution in [0.5, 0.6) is 11.5 Å². The molecule has 0 saturated carbocycles. The van der Waals surface area contributed by atoms with Gasteiger partial charge in [-0.25, -0.2) is 4.79 Å². The zero-order valence-corrected chi connectivity index (χ0v) is 17.0. The number of rotatable bonds is 6. The van der Waals surface area contributed by atoms with Crippen molar-refractivity contribution in [2.75, 3.05) is 14.2 Å². The first-order chi connectivity index (χ1) is 13.9. The van der Waals surface area contributed by atoms with Crippen molar-refractivity contribution in [1.29, 1.82) is 0 Å². The third-order valence-electron chi connectivity index (χ3n) is 4.24. The van der Waals surface area contributed by atoms with Crippen molar-refractivity contribution in [2.45, 2.75) is 6.54 Å². The van der Waals surface area contributed by atoms with Crippen molar-refractivity contribution >= 4 is 46.6 Å². The molecule has 7 nitrogen and oxygen atoms in total. The minimum atomic E-state index is -1.25. The summed E-state index contributed by atoms with van der Waals surface area (Å²) in [4.78, 5) is 38.1. The van der Waals surface area contributed by atoms with Crippen LogP contribution in [0.4, 0.5) is 4.79 Å². The van der Waals surface area contributed by atoms with Gasteiger partial charge in [-0.05, 0) is 41.1 Å². The summed E-state index contributed by atoms with van der Waals surface area (Å²) < 4.78 is 10.3. The van der Waals surface area contributed by atoms with Gasteiger partial charge >= 0.3 is 5.97 Å². The predicted molar refractivity (Wildman–Crippen MR) is 109 cm³/mol. The number of carboxylic acid groups (broad SMARTS) is 1. The number of carbonyl (C=O) groups excluding carboxylic acids is 2. The Morgan fingerprint density at radius 2 is 1.90 bits per heavy atom. The lowest BCUT2D eigenvalue weighted by Gasteiger charge is -2.14. The van der Waals surface area contributed by atoms with Gasteiger partial charge in [0.15, 0.2) is 11.5 Å². The number of ether oxygens (including phenoxy) is 2. The molecule has 29 heavy (non-hydrogen) atoms. The number of halogens is 1. The SMILES string of the molecule is COc1ccc(/C=C2/SC(=O)N(Cc3ccccc3Cl)C2=O)c(C(=O)O)c1OC. The van der Waals surface area contributed by atoms with Gasteiger partial charge in [0.1, 0.15) is 5.56 Å². The molecule has 0 spiro atoms. The van der Waals surface area contributed by atoms with Crippen LogP contribution >= 0.6 is 23.4 Å². The zero-order valence-electron chi connectivity index (χ0n) is 15.5. The Morgan fingerprint density at radius 1 is 1.17 bits per heavy atom. The smallest absolute Gasteiger partial charge is 0.340 e. The predicted octanol–water partition coefficient (Wildman–Crippen LogP) is 4.29. The highest BCUT2D eigenvalue weighted by molar-refractivity contribution is 8.18. The van der Waals surface area contributed by atoms with E-state index < -0.39 is 17.1 Å². The molecular formula is C20H16ClNO6S. The zero-order chi connectivity index (χ0) is 21.1. The van der Waals surface area contributed by atoms with Gasteiger partial charge in [0, 0.05) is 5.02 Å². The third kappa shape index (κ3) is 4.08. The summed E-state index contributed by atoms with van der Waals surface area (Å²) in [6.07, 6.45) is 1.36. The van der Waals surface area contributed by atoms with Gasteiger partial charge in [-0.2, -0.15) is 0 Å². The molecule has 150 valence electrons. The molecule has 1 saturated heterocycles. The highest BCUT2D eigenvalue weighted by Crippen LogP contribution is 2.38. The maximum absolute atomic E-state index is 12.8. The number of hydrogen-bond acceptors (Lipinski definition) is 6. The fourth-order valence-electron chi connectivity index (χ4n) is 2.86. The molecule has 1 fully saturated rings. The molecule has 9 heteroatoms. The number of nitrogens with zero attached hydrogens (tertiary/aromatic N) is 1. The third-order valence-corrected chi connectivity index (χ3v) is 5.51. The van der Waals surface area contributed by atoms with Crippen LogP contribution in [-0.4, -0.2) is 41.3 Å². The summed E-state index contributed by atoms with van der Waals surface area (Å²) in [5.74, 6) is -1.49. The van der Waals surface area contributed by atoms with Gasteiger partial charge in [0.2, 0.25) is 0 Å². The molecule has 0 aliphatic carbocycles. The van der Waals surface area contributed by atoms with Crippen LogP contribution < -0.4 is 9.47 Å². The lowest BCUT2D eigenvalue weighted by atomic mass is 10.0. The fourth-order valence-corrected chi connectivity index (χ4v) is 3.88. The number of benzene rings is 2. The number of aromatic carboxylic acids is 1. The van der Waals surface area contributed by atoms with E-state index in [0.29, 0.717) is 10.6 Å². The lowest BCUT2D eigenvalue weighted by Crippen LogP contribution is -2.27. The van der Waals surface area contributed by atoms with E-state index in [0.717, 1.165) is 16.7 Å². The van der Waals surface area contributed by atoms with E-state index in [2.05, 4.69) is 0 Å². The summed E-state index contributed by atoms with van der Waals surface area (Å²) >= 11 is 6.86. The van der Waals surface area contributed by atoms with E-state index >= 15 is 0 Å². The molecule has 0 atom stereocenters. The summed E-state index contributed by atoms with van der Waals surface area (Å²) in [6.45, 7) is 0.0272. The monoisotopic (exact) mass is 433 g/mol. The molecule has 0 bridgehead atoms. The number of carbonyl (C=O) groups is 3. The van der Waals surface area contributed by atoms with Crippen LogP contribution in [0.3, 0.4) is 0 Å². The van der Waals surface area contributed by atoms with Crippen molar-refractivity contribution in [3.63, 3.8) is 0 Å². The average molecular weight is 434 g/mol. The van der Waals surface area contributed by atoms with E-state index in [1.54, 1.807) is 24.3 Å². The van der Waals surface area contributed by atoms with Gasteiger partial charge < -0.3 is 14.6 Å². The van der Waals surface area contributed by atoms with E-state index in [-0.39, 0.29) is 34.1 Å². The van der Waals surface area contributed by atoms with Crippen molar-refractivity contribution in [3.05, 3.63) is 63.0 Å². The van der Waals surface area contributed by atoms with Crippen molar-refractivity contribution in [2.24, 2.45) is 0 Å². The molecule has 1 aliphatic heterocycles. The molecule has 0 aromatic heterocycles. The normalized spacial score (nSPS) is 15.1. The van der Waals surface area contributed by atoms with Gasteiger partial charge in [0.25, 0.3) is 11.1 Å². The first-order valence-electron chi connectivity index (χ1n) is 8.34. The van der Waals surface area contributed by atoms with Gasteiger partial charge in [-0.15, -0.1) is 0 Å². The Bertz CT molecular complexity index is 1040. The fraction of sp³-hybridized carbons (Fsp3) is 0.150. The Labute approximate surface area is 175 Å². The topological polar surface area (TPSA) is 93.1 Å². The second kappa shape index (κ2) is 8.59. The first-order valence-corrected chi connectivity index (χ1v) is 9.53. The molecule has 3 rings (SSSR count). The summed E-state index contributed by atoms with van der Waals surface area (Å²) in [5, 5.41) is 9.61. The van der Waals surface area contributed by atoms with E-state index in [4.69, 9.17) is 21.1 Å². The first kappa shape index (κ1) is 20.8. The van der Waals surface area contributed by atoms with Gasteiger partial charge in [0.05, 0.1) is 25.7 Å². The van der Waals surface area contributed by atoms with Crippen molar-refractivity contribution in [3.8, 4) is 11.5 Å². The van der Waals surface area contributed by atoms with Crippen molar-refractivity contribution in [1.82, 2.24) is 4.90 Å². The van der Waals surface area contributed by atoms with Crippen LogP contribution in [0.25, 0.3) is 6.08 Å². The number of carboxylic acids is 1. The minimum absolute atomic E-state index is 0.0272. The minimum Gasteiger partial charge on any atom is -0.493 e. The summed E-state index contributed by atoms with van der Waals surface area (Å²) in [7, 11) is 2.72. The number of thioether (sulfide) groups is 1. The Morgan fingerprint density at radius 3 is 2.52 bits per heavy atom. The van der Waals surface area contributed by atoms with Crippen LogP contribution in [0.15, 0.2) is 41.3 Å². The average Bonchev–Trinajstić information content (AvgIpc) is 2.96. The maximum Gasteiger partial charge on any atom is 0.340 e. The molecular weight excluding hydrogens is 418 g/mol. The Kier molecular flexibility index (Phi) is 6.14. The molecule has 2 aromatic carbocycles. The standard InChI is InChI=1S/C20H16ClNO6S/c1-27-14-8-7-11(16(19(24)25)17(14)28-2)9-15-18(23)22(20(26)29-15)10-12-5-3-4-6-13(12)21/h3-9H,10H2,1-2H3,(H,24,25)/b15-9+. The van der Waals surface area contributed by atoms with Crippen molar-refractivity contribution < 1.29 is 29.0 Å². The highest BCUT2D eigenvalue weighted by atomic mass is 35.5. The highest BCUT2D eigenvalue weighted by Gasteiger charge is 2.36. The molecule has 1 N–H and O–H groups in total. The second-order valence-corrected chi connectivity index (χ2v) is 7.33. The molecule has 1 aliphatic rings. The van der Waals surface area contributed by atoms with E-state index in [1.807, 2.05) is 0 Å². The lowest BCUT2D eigenvalue weighted by molar-refractivity contribution is -0.123. The number of imide groups is 1. The Balaban J connectivity index is 1.98. The van der Waals surface area contributed by atoms with Crippen LogP contribution in [0, 0.1) is 0 Å². The van der Waals surface area contributed by atoms with Gasteiger partial charge in [-0.3, -0.25) is 14.5 Å². The molecule has 1 heterocycles. The quantitative estimate of drug-likeness (QED) is 0.679. The number of methoxy groups -OCH3 is 2.